The predicted molar refractivity (Wildman–Crippen MR) is 101 cm³/mol. The molecule has 7 nitrogen and oxygen atoms in total. The van der Waals surface area contributed by atoms with Gasteiger partial charge in [-0.25, -0.2) is 4.98 Å². The largest absolute Gasteiger partial charge is 0.376 e. The molecule has 7 heteroatoms. The van der Waals surface area contributed by atoms with Crippen LogP contribution in [0.15, 0.2) is 18.2 Å². The molecule has 0 atom stereocenters. The molecule has 0 bridgehead atoms. The minimum absolute atomic E-state index is 0.312. The van der Waals surface area contributed by atoms with Crippen LogP contribution in [0.3, 0.4) is 0 Å². The van der Waals surface area contributed by atoms with Gasteiger partial charge in [-0.3, -0.25) is 0 Å². The Bertz CT molecular complexity index is 896. The van der Waals surface area contributed by atoms with Gasteiger partial charge in [-0.05, 0) is 31.0 Å². The molecule has 0 spiro atoms. The van der Waals surface area contributed by atoms with Crippen LogP contribution in [0.4, 0.5) is 11.6 Å². The summed E-state index contributed by atoms with van der Waals surface area (Å²) in [7, 11) is 2.03. The molecule has 0 amide bonds. The molecule has 0 N–H and O–H groups in total. The first-order chi connectivity index (χ1) is 13.2. The Balaban J connectivity index is 1.29. The smallest absolute Gasteiger partial charge is 0.151 e. The van der Waals surface area contributed by atoms with Gasteiger partial charge in [0, 0.05) is 38.0 Å². The van der Waals surface area contributed by atoms with E-state index in [1.165, 1.54) is 12.8 Å². The van der Waals surface area contributed by atoms with Crippen molar-refractivity contribution in [3.63, 3.8) is 0 Å². The molecule has 2 aromatic heterocycles. The van der Waals surface area contributed by atoms with Crippen molar-refractivity contribution in [2.45, 2.75) is 37.8 Å². The molecule has 27 heavy (non-hydrogen) atoms. The Morgan fingerprint density at radius 2 is 2.11 bits per heavy atom. The van der Waals surface area contributed by atoms with Crippen molar-refractivity contribution >= 4 is 11.6 Å². The van der Waals surface area contributed by atoms with Crippen molar-refractivity contribution in [2.75, 3.05) is 36.5 Å². The lowest BCUT2D eigenvalue weighted by Crippen LogP contribution is -2.59. The van der Waals surface area contributed by atoms with Crippen LogP contribution in [0.25, 0.3) is 0 Å². The van der Waals surface area contributed by atoms with E-state index in [4.69, 9.17) is 9.72 Å². The van der Waals surface area contributed by atoms with Crippen molar-refractivity contribution in [1.82, 2.24) is 15.2 Å². The summed E-state index contributed by atoms with van der Waals surface area (Å²) in [6, 6.07) is 8.74. The second-order valence-electron chi connectivity index (χ2n) is 7.64. The van der Waals surface area contributed by atoms with Gasteiger partial charge in [-0.2, -0.15) is 10.4 Å². The fourth-order valence-corrected chi connectivity index (χ4v) is 3.79. The standard InChI is InChI=1S/C20H22N6O/c1-25(20-14(9-21)8-15-12-27-7-6-17(15)22-20)16-10-26(11-16)19-5-4-18(23-24-19)13-2-3-13/h4-5,8,13,16H,2-3,6-7,10-12H2,1H3. The Morgan fingerprint density at radius 3 is 2.81 bits per heavy atom. The van der Waals surface area contributed by atoms with E-state index in [1.54, 1.807) is 0 Å². The summed E-state index contributed by atoms with van der Waals surface area (Å²) < 4.78 is 5.48. The van der Waals surface area contributed by atoms with Gasteiger partial charge < -0.3 is 14.5 Å². The van der Waals surface area contributed by atoms with E-state index in [9.17, 15) is 5.26 Å². The van der Waals surface area contributed by atoms with Crippen LogP contribution in [0.1, 0.15) is 41.3 Å². The van der Waals surface area contributed by atoms with E-state index in [0.717, 1.165) is 48.1 Å². The number of likely N-dealkylation sites (N-methyl/N-ethyl adjacent to an activating group) is 1. The fraction of sp³-hybridized carbons (Fsp3) is 0.500. The predicted octanol–water partition coefficient (Wildman–Crippen LogP) is 2.02. The Morgan fingerprint density at radius 1 is 1.26 bits per heavy atom. The highest BCUT2D eigenvalue weighted by atomic mass is 16.5. The number of fused-ring (bicyclic) bond motifs is 1. The van der Waals surface area contributed by atoms with Crippen molar-refractivity contribution in [2.24, 2.45) is 0 Å². The molecule has 138 valence electrons. The molecule has 3 aliphatic rings. The number of anilines is 2. The van der Waals surface area contributed by atoms with Gasteiger partial charge in [-0.1, -0.05) is 0 Å². The summed E-state index contributed by atoms with van der Waals surface area (Å²) in [6.07, 6.45) is 3.29. The molecule has 2 fully saturated rings. The van der Waals surface area contributed by atoms with E-state index in [1.807, 2.05) is 13.1 Å². The molecule has 2 aliphatic heterocycles. The van der Waals surface area contributed by atoms with Gasteiger partial charge >= 0.3 is 0 Å². The zero-order chi connectivity index (χ0) is 18.4. The minimum Gasteiger partial charge on any atom is -0.376 e. The third-order valence-corrected chi connectivity index (χ3v) is 5.77. The number of hydrogen-bond donors (Lipinski definition) is 0. The first kappa shape index (κ1) is 16.5. The molecule has 1 saturated carbocycles. The van der Waals surface area contributed by atoms with Crippen LogP contribution in [-0.2, 0) is 17.8 Å². The highest BCUT2D eigenvalue weighted by Crippen LogP contribution is 2.39. The van der Waals surface area contributed by atoms with E-state index in [2.05, 4.69) is 38.2 Å². The maximum Gasteiger partial charge on any atom is 0.151 e. The number of aromatic nitrogens is 3. The maximum absolute atomic E-state index is 9.56. The second kappa shape index (κ2) is 6.46. The van der Waals surface area contributed by atoms with Crippen molar-refractivity contribution < 1.29 is 4.74 Å². The van der Waals surface area contributed by atoms with Crippen LogP contribution < -0.4 is 9.80 Å². The average Bonchev–Trinajstić information content (AvgIpc) is 3.51. The molecule has 0 radical (unpaired) electrons. The van der Waals surface area contributed by atoms with Crippen LogP contribution in [0.5, 0.6) is 0 Å². The molecule has 0 aromatic carbocycles. The molecule has 5 rings (SSSR count). The van der Waals surface area contributed by atoms with Gasteiger partial charge in [0.05, 0.1) is 36.2 Å². The lowest BCUT2D eigenvalue weighted by atomic mass is 10.0. The average molecular weight is 362 g/mol. The highest BCUT2D eigenvalue weighted by Gasteiger charge is 2.34. The van der Waals surface area contributed by atoms with Crippen LogP contribution in [-0.4, -0.2) is 48.0 Å². The van der Waals surface area contributed by atoms with Crippen molar-refractivity contribution in [3.05, 3.63) is 40.7 Å². The van der Waals surface area contributed by atoms with E-state index in [0.29, 0.717) is 30.7 Å². The summed E-state index contributed by atoms with van der Waals surface area (Å²) >= 11 is 0. The molecular formula is C20H22N6O. The summed E-state index contributed by atoms with van der Waals surface area (Å²) in [5.74, 6) is 2.34. The SMILES string of the molecule is CN(c1nc2c(cc1C#N)COCC2)C1CN(c2ccc(C3CC3)nn2)C1. The summed E-state index contributed by atoms with van der Waals surface area (Å²) in [6.45, 7) is 2.97. The quantitative estimate of drug-likeness (QED) is 0.823. The van der Waals surface area contributed by atoms with E-state index < -0.39 is 0 Å². The molecular weight excluding hydrogens is 340 g/mol. The maximum atomic E-state index is 9.56. The lowest BCUT2D eigenvalue weighted by molar-refractivity contribution is 0.109. The third-order valence-electron chi connectivity index (χ3n) is 5.77. The highest BCUT2D eigenvalue weighted by molar-refractivity contribution is 5.58. The van der Waals surface area contributed by atoms with Gasteiger partial charge in [0.15, 0.2) is 5.82 Å². The van der Waals surface area contributed by atoms with E-state index >= 15 is 0 Å². The van der Waals surface area contributed by atoms with Crippen LogP contribution >= 0.6 is 0 Å². The fourth-order valence-electron chi connectivity index (χ4n) is 3.79. The molecule has 4 heterocycles. The molecule has 1 aliphatic carbocycles. The number of nitriles is 1. The molecule has 1 saturated heterocycles. The summed E-state index contributed by atoms with van der Waals surface area (Å²) in [5.41, 5.74) is 3.83. The van der Waals surface area contributed by atoms with Gasteiger partial charge in [-0.15, -0.1) is 5.10 Å². The van der Waals surface area contributed by atoms with Gasteiger partial charge in [0.2, 0.25) is 0 Å². The minimum atomic E-state index is 0.312. The monoisotopic (exact) mass is 362 g/mol. The number of nitrogens with zero attached hydrogens (tertiary/aromatic N) is 6. The zero-order valence-electron chi connectivity index (χ0n) is 15.4. The van der Waals surface area contributed by atoms with Crippen molar-refractivity contribution in [3.8, 4) is 6.07 Å². The Labute approximate surface area is 158 Å². The number of hydrogen-bond acceptors (Lipinski definition) is 7. The zero-order valence-corrected chi connectivity index (χ0v) is 15.4. The van der Waals surface area contributed by atoms with Gasteiger partial charge in [0.1, 0.15) is 11.9 Å². The number of rotatable bonds is 4. The number of ether oxygens (including phenoxy) is 1. The summed E-state index contributed by atoms with van der Waals surface area (Å²) in [5, 5.41) is 18.3. The van der Waals surface area contributed by atoms with Crippen molar-refractivity contribution in [1.29, 1.82) is 5.26 Å². The van der Waals surface area contributed by atoms with Crippen LogP contribution in [0.2, 0.25) is 0 Å². The summed E-state index contributed by atoms with van der Waals surface area (Å²) in [4.78, 5) is 9.16. The Kier molecular flexibility index (Phi) is 3.94. The second-order valence-corrected chi connectivity index (χ2v) is 7.64. The lowest BCUT2D eigenvalue weighted by Gasteiger charge is -2.45. The first-order valence-corrected chi connectivity index (χ1v) is 9.55. The first-order valence-electron chi connectivity index (χ1n) is 9.55. The molecule has 0 unspecified atom stereocenters. The third kappa shape index (κ3) is 3.00. The van der Waals surface area contributed by atoms with Gasteiger partial charge in [0.25, 0.3) is 0 Å². The topological polar surface area (TPSA) is 78.2 Å². The normalized spacial score (nSPS) is 19.2. The number of pyridine rings is 1. The Hall–Kier alpha value is -2.72. The van der Waals surface area contributed by atoms with Crippen LogP contribution in [0, 0.1) is 11.3 Å². The molecule has 2 aromatic rings. The van der Waals surface area contributed by atoms with E-state index in [-0.39, 0.29) is 0 Å².